The Labute approximate surface area is 322 Å². The van der Waals surface area contributed by atoms with Crippen molar-refractivity contribution < 1.29 is 0 Å². The molecule has 6 atom stereocenters. The molecule has 4 fully saturated rings. The predicted molar refractivity (Wildman–Crippen MR) is 226 cm³/mol. The number of benzene rings is 6. The number of hydrogen-bond acceptors (Lipinski definition) is 1. The van der Waals surface area contributed by atoms with E-state index in [1.807, 2.05) is 0 Å². The van der Waals surface area contributed by atoms with Gasteiger partial charge in [-0.1, -0.05) is 124 Å². The van der Waals surface area contributed by atoms with Gasteiger partial charge in [0.15, 0.2) is 0 Å². The van der Waals surface area contributed by atoms with Gasteiger partial charge in [0.1, 0.15) is 0 Å². The van der Waals surface area contributed by atoms with Crippen LogP contribution in [0.4, 0.5) is 17.1 Å². The van der Waals surface area contributed by atoms with E-state index in [1.165, 1.54) is 113 Å². The Bertz CT molecular complexity index is 2280. The van der Waals surface area contributed by atoms with Crippen LogP contribution in [0.15, 0.2) is 140 Å². The normalized spacial score (nSPS) is 25.5. The molecule has 5 aliphatic carbocycles. The lowest BCUT2D eigenvalue weighted by Crippen LogP contribution is -2.17. The van der Waals surface area contributed by atoms with Gasteiger partial charge in [-0.3, -0.25) is 0 Å². The summed E-state index contributed by atoms with van der Waals surface area (Å²) in [4.78, 5) is 2.52. The van der Waals surface area contributed by atoms with Crippen LogP contribution in [0.3, 0.4) is 0 Å². The first kappa shape index (κ1) is 32.5. The predicted octanol–water partition coefficient (Wildman–Crippen LogP) is 14.6. The SMILES string of the molecule is CC1(C)c2ccc(-c3ccccc3-c3ccccc3)cc2-c2ccc(N(c3ccc(C4CC5CCC4C5)cc3)c3ccc(C4CC5CCC4C5)cc3)cc21. The van der Waals surface area contributed by atoms with Crippen LogP contribution in [0.5, 0.6) is 0 Å². The average molecular weight is 702 g/mol. The Morgan fingerprint density at radius 1 is 0.426 bits per heavy atom. The van der Waals surface area contributed by atoms with Crippen LogP contribution in [-0.4, -0.2) is 0 Å². The smallest absolute Gasteiger partial charge is 0.0465 e. The third-order valence-electron chi connectivity index (χ3n) is 14.9. The number of rotatable bonds is 7. The van der Waals surface area contributed by atoms with Crippen LogP contribution < -0.4 is 4.90 Å². The highest BCUT2D eigenvalue weighted by Crippen LogP contribution is 2.55. The molecular weight excluding hydrogens is 651 g/mol. The van der Waals surface area contributed by atoms with Crippen molar-refractivity contribution in [2.45, 2.75) is 82.5 Å². The Hall–Kier alpha value is -4.88. The van der Waals surface area contributed by atoms with Crippen molar-refractivity contribution in [3.05, 3.63) is 162 Å². The van der Waals surface area contributed by atoms with Crippen LogP contribution in [-0.2, 0) is 5.41 Å². The minimum Gasteiger partial charge on any atom is -0.310 e. The van der Waals surface area contributed by atoms with E-state index in [-0.39, 0.29) is 5.41 Å². The summed E-state index contributed by atoms with van der Waals surface area (Å²) in [7, 11) is 0. The van der Waals surface area contributed by atoms with Crippen molar-refractivity contribution in [3.63, 3.8) is 0 Å². The molecule has 0 saturated heterocycles. The fourth-order valence-corrected chi connectivity index (χ4v) is 12.1. The molecule has 4 bridgehead atoms. The van der Waals surface area contributed by atoms with E-state index < -0.39 is 0 Å². The van der Waals surface area contributed by atoms with Gasteiger partial charge in [0, 0.05) is 22.5 Å². The monoisotopic (exact) mass is 701 g/mol. The van der Waals surface area contributed by atoms with Gasteiger partial charge in [-0.05, 0) is 172 Å². The molecule has 0 aliphatic heterocycles. The van der Waals surface area contributed by atoms with Crippen LogP contribution in [0.1, 0.15) is 99.3 Å². The fourth-order valence-electron chi connectivity index (χ4n) is 12.1. The van der Waals surface area contributed by atoms with E-state index in [0.717, 1.165) is 35.5 Å². The average Bonchev–Trinajstić information content (AvgIpc) is 4.08. The van der Waals surface area contributed by atoms with Gasteiger partial charge in [-0.15, -0.1) is 0 Å². The van der Waals surface area contributed by atoms with Crippen LogP contribution >= 0.6 is 0 Å². The summed E-state index contributed by atoms with van der Waals surface area (Å²) in [6.45, 7) is 4.83. The third kappa shape index (κ3) is 5.25. The molecule has 6 aromatic carbocycles. The molecule has 11 rings (SSSR count). The van der Waals surface area contributed by atoms with E-state index in [4.69, 9.17) is 0 Å². The summed E-state index contributed by atoms with van der Waals surface area (Å²) in [6.07, 6.45) is 11.4. The lowest BCUT2D eigenvalue weighted by atomic mass is 9.81. The van der Waals surface area contributed by atoms with E-state index >= 15 is 0 Å². The van der Waals surface area contributed by atoms with E-state index in [2.05, 4.69) is 158 Å². The lowest BCUT2D eigenvalue weighted by molar-refractivity contribution is 0.420. The van der Waals surface area contributed by atoms with Crippen LogP contribution in [0, 0.1) is 23.7 Å². The Morgan fingerprint density at radius 3 is 1.54 bits per heavy atom. The topological polar surface area (TPSA) is 3.24 Å². The summed E-state index contributed by atoms with van der Waals surface area (Å²) >= 11 is 0. The molecule has 1 heteroatoms. The number of fused-ring (bicyclic) bond motifs is 7. The van der Waals surface area contributed by atoms with Crippen molar-refractivity contribution in [3.8, 4) is 33.4 Å². The zero-order chi connectivity index (χ0) is 36.0. The van der Waals surface area contributed by atoms with Crippen molar-refractivity contribution in [2.24, 2.45) is 23.7 Å². The Kier molecular flexibility index (Phi) is 7.59. The summed E-state index contributed by atoms with van der Waals surface area (Å²) in [5.74, 6) is 5.19. The zero-order valence-corrected chi connectivity index (χ0v) is 31.8. The third-order valence-corrected chi connectivity index (χ3v) is 14.9. The minimum absolute atomic E-state index is 0.110. The molecule has 54 heavy (non-hydrogen) atoms. The first-order chi connectivity index (χ1) is 26.5. The second kappa shape index (κ2) is 12.6. The first-order valence-corrected chi connectivity index (χ1v) is 20.9. The molecule has 0 heterocycles. The van der Waals surface area contributed by atoms with Crippen LogP contribution in [0.25, 0.3) is 33.4 Å². The van der Waals surface area contributed by atoms with Crippen molar-refractivity contribution in [1.29, 1.82) is 0 Å². The second-order valence-electron chi connectivity index (χ2n) is 18.1. The molecule has 0 amide bonds. The minimum atomic E-state index is -0.110. The number of nitrogens with zero attached hydrogens (tertiary/aromatic N) is 1. The second-order valence-corrected chi connectivity index (χ2v) is 18.1. The molecule has 0 aromatic heterocycles. The zero-order valence-electron chi connectivity index (χ0n) is 31.8. The highest BCUT2D eigenvalue weighted by Gasteiger charge is 2.41. The number of hydrogen-bond donors (Lipinski definition) is 0. The Balaban J connectivity index is 0.978. The van der Waals surface area contributed by atoms with Gasteiger partial charge >= 0.3 is 0 Å². The molecule has 268 valence electrons. The summed E-state index contributed by atoms with van der Waals surface area (Å²) in [5.41, 5.74) is 17.4. The number of anilines is 3. The maximum absolute atomic E-state index is 2.52. The van der Waals surface area contributed by atoms with Crippen LogP contribution in [0.2, 0.25) is 0 Å². The van der Waals surface area contributed by atoms with Gasteiger partial charge in [0.2, 0.25) is 0 Å². The fraction of sp³-hybridized carbons (Fsp3) is 0.321. The highest BCUT2D eigenvalue weighted by atomic mass is 15.1. The van der Waals surface area contributed by atoms with Crippen molar-refractivity contribution >= 4 is 17.1 Å². The van der Waals surface area contributed by atoms with Crippen molar-refractivity contribution in [2.75, 3.05) is 4.90 Å². The van der Waals surface area contributed by atoms with Gasteiger partial charge in [-0.2, -0.15) is 0 Å². The molecule has 5 aliphatic rings. The van der Waals surface area contributed by atoms with Gasteiger partial charge in [0.05, 0.1) is 0 Å². The summed E-state index contributed by atoms with van der Waals surface area (Å²) in [5, 5.41) is 0. The maximum Gasteiger partial charge on any atom is 0.0465 e. The highest BCUT2D eigenvalue weighted by molar-refractivity contribution is 5.90. The van der Waals surface area contributed by atoms with Gasteiger partial charge in [0.25, 0.3) is 0 Å². The van der Waals surface area contributed by atoms with Crippen molar-refractivity contribution in [1.82, 2.24) is 0 Å². The molecule has 0 N–H and O–H groups in total. The molecular formula is C53H51N. The molecule has 1 nitrogen and oxygen atoms in total. The summed E-state index contributed by atoms with van der Waals surface area (Å²) in [6, 6.07) is 53.6. The maximum atomic E-state index is 2.52. The molecule has 6 unspecified atom stereocenters. The summed E-state index contributed by atoms with van der Waals surface area (Å²) < 4.78 is 0. The Morgan fingerprint density at radius 2 is 0.981 bits per heavy atom. The standard InChI is InChI=1S/C53H51N/c1-53(2)51-27-20-41(46-11-7-6-10-45(46)36-8-4-3-5-9-36)32-50(51)47-26-25-44(33-52(47)53)54(42-21-16-37(17-22-42)48-30-34-12-14-39(48)28-34)43-23-18-38(19-24-43)49-31-35-13-15-40(49)29-35/h3-11,16-27,32-35,39-40,48-49H,12-15,28-31H2,1-2H3. The first-order valence-electron chi connectivity index (χ1n) is 20.9. The van der Waals surface area contributed by atoms with E-state index in [0.29, 0.717) is 0 Å². The molecule has 6 aromatic rings. The van der Waals surface area contributed by atoms with E-state index in [1.54, 1.807) is 11.1 Å². The van der Waals surface area contributed by atoms with E-state index in [9.17, 15) is 0 Å². The molecule has 0 radical (unpaired) electrons. The lowest BCUT2D eigenvalue weighted by Gasteiger charge is -2.29. The molecule has 0 spiro atoms. The van der Waals surface area contributed by atoms with Gasteiger partial charge < -0.3 is 4.90 Å². The molecule has 4 saturated carbocycles. The largest absolute Gasteiger partial charge is 0.310 e. The quantitative estimate of drug-likeness (QED) is 0.160. The van der Waals surface area contributed by atoms with Gasteiger partial charge in [-0.25, -0.2) is 0 Å².